The Labute approximate surface area is 159 Å². The molecule has 134 valence electrons. The minimum atomic E-state index is -0.220. The molecule has 3 rings (SSSR count). The molecule has 0 aliphatic heterocycles. The number of thiazole rings is 1. The highest BCUT2D eigenvalue weighted by Crippen LogP contribution is 2.26. The zero-order valence-corrected chi connectivity index (χ0v) is 15.9. The monoisotopic (exact) mass is 389 g/mol. The normalized spacial score (nSPS) is 10.5. The standard InChI is InChI=1S/C16H16ClN7OS/c1-9-11(12(25)19-10-7-5-4-6-8-10)26-16(18-9)23-14-20-13(17)21-15(22-14)24(2)3/h4-8H,1-3H3,(H,19,25)(H,18,20,21,22,23). The Kier molecular flexibility index (Phi) is 5.29. The first kappa shape index (κ1) is 18.0. The number of amides is 1. The molecule has 0 fully saturated rings. The molecule has 0 saturated carbocycles. The van der Waals surface area contributed by atoms with Gasteiger partial charge < -0.3 is 10.2 Å². The molecule has 1 amide bonds. The summed E-state index contributed by atoms with van der Waals surface area (Å²) >= 11 is 7.14. The SMILES string of the molecule is Cc1nc(Nc2nc(Cl)nc(N(C)C)n2)sc1C(=O)Nc1ccccc1. The second-order valence-corrected chi connectivity index (χ2v) is 6.84. The number of nitrogens with zero attached hydrogens (tertiary/aromatic N) is 5. The van der Waals surface area contributed by atoms with Crippen molar-refractivity contribution in [2.75, 3.05) is 29.6 Å². The van der Waals surface area contributed by atoms with Crippen LogP contribution in [0.4, 0.5) is 22.7 Å². The highest BCUT2D eigenvalue weighted by atomic mass is 35.5. The lowest BCUT2D eigenvalue weighted by Crippen LogP contribution is -2.14. The van der Waals surface area contributed by atoms with Crippen LogP contribution in [0.1, 0.15) is 15.4 Å². The van der Waals surface area contributed by atoms with E-state index in [2.05, 4.69) is 30.6 Å². The second-order valence-electron chi connectivity index (χ2n) is 5.50. The molecule has 0 saturated heterocycles. The third-order valence-corrected chi connectivity index (χ3v) is 4.49. The number of aryl methyl sites for hydroxylation is 1. The summed E-state index contributed by atoms with van der Waals surface area (Å²) in [6, 6.07) is 9.24. The first-order valence-electron chi connectivity index (χ1n) is 7.62. The lowest BCUT2D eigenvalue weighted by molar-refractivity contribution is 0.103. The smallest absolute Gasteiger partial charge is 0.267 e. The van der Waals surface area contributed by atoms with Gasteiger partial charge in [-0.15, -0.1) is 0 Å². The predicted molar refractivity (Wildman–Crippen MR) is 104 cm³/mol. The largest absolute Gasteiger partial charge is 0.347 e. The molecule has 0 bridgehead atoms. The maximum atomic E-state index is 12.5. The Morgan fingerprint density at radius 2 is 1.85 bits per heavy atom. The summed E-state index contributed by atoms with van der Waals surface area (Å²) in [6.45, 7) is 1.77. The molecule has 26 heavy (non-hydrogen) atoms. The minimum Gasteiger partial charge on any atom is -0.347 e. The van der Waals surface area contributed by atoms with Gasteiger partial charge >= 0.3 is 0 Å². The van der Waals surface area contributed by atoms with Crippen molar-refractivity contribution in [3.05, 3.63) is 46.2 Å². The first-order valence-corrected chi connectivity index (χ1v) is 8.81. The number of rotatable bonds is 5. The third kappa shape index (κ3) is 4.24. The summed E-state index contributed by atoms with van der Waals surface area (Å²) in [5, 5.41) is 6.38. The number of anilines is 4. The average molecular weight is 390 g/mol. The number of para-hydroxylation sites is 1. The van der Waals surface area contributed by atoms with Gasteiger partial charge in [0.25, 0.3) is 5.91 Å². The summed E-state index contributed by atoms with van der Waals surface area (Å²) in [4.78, 5) is 31.3. The van der Waals surface area contributed by atoms with Crippen molar-refractivity contribution in [2.24, 2.45) is 0 Å². The van der Waals surface area contributed by atoms with Gasteiger partial charge in [0.1, 0.15) is 4.88 Å². The lowest BCUT2D eigenvalue weighted by Gasteiger charge is -2.10. The van der Waals surface area contributed by atoms with Gasteiger partial charge in [-0.2, -0.15) is 15.0 Å². The van der Waals surface area contributed by atoms with Gasteiger partial charge in [-0.25, -0.2) is 4.98 Å². The van der Waals surface area contributed by atoms with E-state index in [1.165, 1.54) is 11.3 Å². The van der Waals surface area contributed by atoms with Crippen molar-refractivity contribution in [2.45, 2.75) is 6.92 Å². The van der Waals surface area contributed by atoms with Crippen LogP contribution in [0.25, 0.3) is 0 Å². The summed E-state index contributed by atoms with van der Waals surface area (Å²) in [7, 11) is 3.60. The van der Waals surface area contributed by atoms with E-state index in [0.717, 1.165) is 5.69 Å². The van der Waals surface area contributed by atoms with Gasteiger partial charge in [0, 0.05) is 19.8 Å². The van der Waals surface area contributed by atoms with E-state index in [0.29, 0.717) is 21.7 Å². The highest BCUT2D eigenvalue weighted by Gasteiger charge is 2.17. The fourth-order valence-corrected chi connectivity index (χ4v) is 3.07. The molecule has 0 atom stereocenters. The zero-order chi connectivity index (χ0) is 18.7. The highest BCUT2D eigenvalue weighted by molar-refractivity contribution is 7.17. The number of hydrogen-bond donors (Lipinski definition) is 2. The first-order chi connectivity index (χ1) is 12.4. The molecule has 0 aliphatic rings. The van der Waals surface area contributed by atoms with Crippen molar-refractivity contribution >= 4 is 51.6 Å². The lowest BCUT2D eigenvalue weighted by atomic mass is 10.3. The maximum Gasteiger partial charge on any atom is 0.267 e. The Hall–Kier alpha value is -2.78. The van der Waals surface area contributed by atoms with Crippen molar-refractivity contribution in [1.29, 1.82) is 0 Å². The molecule has 0 unspecified atom stereocenters. The zero-order valence-electron chi connectivity index (χ0n) is 14.3. The van der Waals surface area contributed by atoms with Gasteiger partial charge in [0.2, 0.25) is 17.2 Å². The average Bonchev–Trinajstić information content (AvgIpc) is 2.95. The molecule has 2 aromatic heterocycles. The van der Waals surface area contributed by atoms with Crippen LogP contribution in [0.2, 0.25) is 5.28 Å². The van der Waals surface area contributed by atoms with E-state index in [1.54, 1.807) is 25.9 Å². The molecule has 2 N–H and O–H groups in total. The quantitative estimate of drug-likeness (QED) is 0.690. The molecule has 0 radical (unpaired) electrons. The van der Waals surface area contributed by atoms with Crippen LogP contribution in [-0.2, 0) is 0 Å². The van der Waals surface area contributed by atoms with Gasteiger partial charge in [-0.3, -0.25) is 10.1 Å². The maximum absolute atomic E-state index is 12.5. The summed E-state index contributed by atoms with van der Waals surface area (Å²) < 4.78 is 0. The van der Waals surface area contributed by atoms with Gasteiger partial charge in [-0.05, 0) is 30.7 Å². The van der Waals surface area contributed by atoms with Gasteiger partial charge in [-0.1, -0.05) is 29.5 Å². The van der Waals surface area contributed by atoms with Crippen molar-refractivity contribution < 1.29 is 4.79 Å². The molecule has 3 aromatic rings. The molecule has 0 aliphatic carbocycles. The third-order valence-electron chi connectivity index (χ3n) is 3.25. The predicted octanol–water partition coefficient (Wildman–Crippen LogP) is 3.35. The fourth-order valence-electron chi connectivity index (χ4n) is 2.06. The number of aromatic nitrogens is 4. The van der Waals surface area contributed by atoms with E-state index in [1.807, 2.05) is 30.3 Å². The molecule has 10 heteroatoms. The van der Waals surface area contributed by atoms with E-state index >= 15 is 0 Å². The molecular weight excluding hydrogens is 374 g/mol. The molecular formula is C16H16ClN7OS. The van der Waals surface area contributed by atoms with Crippen molar-refractivity contribution in [3.63, 3.8) is 0 Å². The van der Waals surface area contributed by atoms with Crippen LogP contribution in [0, 0.1) is 6.92 Å². The second kappa shape index (κ2) is 7.63. The van der Waals surface area contributed by atoms with Crippen LogP contribution >= 0.6 is 22.9 Å². The number of carbonyl (C=O) groups excluding carboxylic acids is 1. The molecule has 2 heterocycles. The Bertz CT molecular complexity index is 930. The number of halogens is 1. The summed E-state index contributed by atoms with van der Waals surface area (Å²) in [5.41, 5.74) is 1.33. The van der Waals surface area contributed by atoms with Crippen LogP contribution in [0.5, 0.6) is 0 Å². The topological polar surface area (TPSA) is 95.9 Å². The fraction of sp³-hybridized carbons (Fsp3) is 0.188. The van der Waals surface area contributed by atoms with E-state index < -0.39 is 0 Å². The van der Waals surface area contributed by atoms with Gasteiger partial charge in [0.15, 0.2) is 5.13 Å². The number of benzene rings is 1. The Morgan fingerprint density at radius 3 is 2.54 bits per heavy atom. The van der Waals surface area contributed by atoms with E-state index in [9.17, 15) is 4.79 Å². The van der Waals surface area contributed by atoms with Crippen molar-refractivity contribution in [3.8, 4) is 0 Å². The van der Waals surface area contributed by atoms with Crippen LogP contribution in [0.3, 0.4) is 0 Å². The summed E-state index contributed by atoms with van der Waals surface area (Å²) in [5.74, 6) is 0.460. The Balaban J connectivity index is 1.79. The van der Waals surface area contributed by atoms with E-state index in [4.69, 9.17) is 11.6 Å². The molecule has 1 aromatic carbocycles. The summed E-state index contributed by atoms with van der Waals surface area (Å²) in [6.07, 6.45) is 0. The van der Waals surface area contributed by atoms with Crippen LogP contribution < -0.4 is 15.5 Å². The Morgan fingerprint density at radius 1 is 1.12 bits per heavy atom. The molecule has 0 spiro atoms. The number of nitrogens with one attached hydrogen (secondary N) is 2. The van der Waals surface area contributed by atoms with Crippen LogP contribution in [-0.4, -0.2) is 39.9 Å². The minimum absolute atomic E-state index is 0.0709. The van der Waals surface area contributed by atoms with Gasteiger partial charge in [0.05, 0.1) is 5.69 Å². The van der Waals surface area contributed by atoms with Crippen LogP contribution in [0.15, 0.2) is 30.3 Å². The van der Waals surface area contributed by atoms with Crippen molar-refractivity contribution in [1.82, 2.24) is 19.9 Å². The molecule has 8 nitrogen and oxygen atoms in total. The number of carbonyl (C=O) groups is 1. The number of hydrogen-bond acceptors (Lipinski definition) is 8. The van der Waals surface area contributed by atoms with E-state index in [-0.39, 0.29) is 17.1 Å².